The number of piperidine rings is 1. The average molecular weight is 566 g/mol. The molecular formula is C34H35N3O5. The molecule has 1 N–H and O–H groups in total. The van der Waals surface area contributed by atoms with Crippen LogP contribution in [0.1, 0.15) is 65.7 Å². The first-order valence-electron chi connectivity index (χ1n) is 15.0. The summed E-state index contributed by atoms with van der Waals surface area (Å²) < 4.78 is 12.6. The largest absolute Gasteiger partial charge is 0.493 e. The lowest BCUT2D eigenvalue weighted by Gasteiger charge is -2.30. The Morgan fingerprint density at radius 3 is 2.74 bits per heavy atom. The minimum absolute atomic E-state index is 0.182. The lowest BCUT2D eigenvalue weighted by Crippen LogP contribution is -2.30. The van der Waals surface area contributed by atoms with E-state index >= 15 is 0 Å². The van der Waals surface area contributed by atoms with Crippen LogP contribution in [0.4, 0.5) is 5.69 Å². The number of carbonyl (C=O) groups excluding carboxylic acids is 1. The Labute approximate surface area is 244 Å². The number of hydrogen-bond donors (Lipinski definition) is 1. The molecule has 216 valence electrons. The van der Waals surface area contributed by atoms with Crippen molar-refractivity contribution in [2.75, 3.05) is 24.6 Å². The third-order valence-corrected chi connectivity index (χ3v) is 9.09. The van der Waals surface area contributed by atoms with Crippen LogP contribution < -0.4 is 15.2 Å². The van der Waals surface area contributed by atoms with Crippen LogP contribution in [-0.4, -0.2) is 40.8 Å². The van der Waals surface area contributed by atoms with Gasteiger partial charge in [-0.1, -0.05) is 18.2 Å². The van der Waals surface area contributed by atoms with E-state index in [4.69, 9.17) is 14.5 Å². The highest BCUT2D eigenvalue weighted by Crippen LogP contribution is 2.40. The molecule has 0 bridgehead atoms. The predicted molar refractivity (Wildman–Crippen MR) is 161 cm³/mol. The van der Waals surface area contributed by atoms with E-state index in [1.54, 1.807) is 11.5 Å². The first-order valence-corrected chi connectivity index (χ1v) is 15.0. The zero-order valence-corrected chi connectivity index (χ0v) is 23.9. The summed E-state index contributed by atoms with van der Waals surface area (Å²) in [6.45, 7) is 5.01. The van der Waals surface area contributed by atoms with Crippen LogP contribution in [0.3, 0.4) is 0 Å². The molecule has 2 aromatic heterocycles. The van der Waals surface area contributed by atoms with Crippen LogP contribution >= 0.6 is 0 Å². The summed E-state index contributed by atoms with van der Waals surface area (Å²) in [6.07, 6.45) is 5.39. The first-order chi connectivity index (χ1) is 20.5. The number of ether oxygens (including phenoxy) is 2. The molecule has 1 unspecified atom stereocenters. The second-order valence-electron chi connectivity index (χ2n) is 11.6. The number of pyridine rings is 2. The molecule has 42 heavy (non-hydrogen) atoms. The number of rotatable bonds is 8. The topological polar surface area (TPSA) is 93.9 Å². The molecule has 0 radical (unpaired) electrons. The maximum Gasteiger partial charge on any atom is 0.293 e. The standard InChI is InChI=1S/C34H35N3O5/c1-21(39)25-16-31-33-27(18-37(31)34(40)28(25)19-41-20-38)24(26-15-23-11-14-42-32(23)17-29(26)35-33)10-9-22-7-3-4-8-30(22)36-12-5-2-6-13-36/h3-4,7-8,15-17,20-21,39H,2,5-6,9-14,18-19H2,1H3. The summed E-state index contributed by atoms with van der Waals surface area (Å²) >= 11 is 0. The minimum Gasteiger partial charge on any atom is -0.493 e. The molecule has 8 heteroatoms. The highest BCUT2D eigenvalue weighted by atomic mass is 16.5. The van der Waals surface area contributed by atoms with Crippen molar-refractivity contribution < 1.29 is 19.4 Å². The van der Waals surface area contributed by atoms with Crippen molar-refractivity contribution in [1.29, 1.82) is 0 Å². The molecule has 8 nitrogen and oxygen atoms in total. The Morgan fingerprint density at radius 2 is 1.93 bits per heavy atom. The Bertz CT molecular complexity index is 1750. The van der Waals surface area contributed by atoms with E-state index in [1.165, 1.54) is 41.6 Å². The van der Waals surface area contributed by atoms with E-state index in [2.05, 4.69) is 35.2 Å². The minimum atomic E-state index is -0.902. The van der Waals surface area contributed by atoms with E-state index in [1.807, 2.05) is 12.1 Å². The van der Waals surface area contributed by atoms with Gasteiger partial charge in [0.05, 0.1) is 41.7 Å². The highest BCUT2D eigenvalue weighted by molar-refractivity contribution is 5.90. The second-order valence-corrected chi connectivity index (χ2v) is 11.6. The fourth-order valence-corrected chi connectivity index (χ4v) is 6.99. The van der Waals surface area contributed by atoms with Crippen LogP contribution in [0, 0.1) is 0 Å². The number of anilines is 1. The third kappa shape index (κ3) is 4.54. The summed E-state index contributed by atoms with van der Waals surface area (Å²) in [7, 11) is 0. The number of benzene rings is 2. The van der Waals surface area contributed by atoms with Gasteiger partial charge < -0.3 is 24.0 Å². The SMILES string of the molecule is CC(O)c1cc2n(c(=O)c1COC=O)Cc1c-2nc2cc3c(cc2c1CCc1ccccc1N1CCCCC1)CCO3. The number of aliphatic hydroxyl groups excluding tert-OH is 1. The quantitative estimate of drug-likeness (QED) is 0.269. The van der Waals surface area contributed by atoms with Gasteiger partial charge in [0, 0.05) is 42.2 Å². The van der Waals surface area contributed by atoms with Gasteiger partial charge in [-0.2, -0.15) is 0 Å². The maximum absolute atomic E-state index is 13.7. The number of aryl methyl sites for hydroxylation is 2. The fraction of sp³-hybridized carbons (Fsp3) is 0.382. The fourth-order valence-electron chi connectivity index (χ4n) is 6.99. The van der Waals surface area contributed by atoms with Gasteiger partial charge in [-0.15, -0.1) is 0 Å². The molecule has 4 aromatic rings. The zero-order valence-electron chi connectivity index (χ0n) is 23.9. The van der Waals surface area contributed by atoms with Gasteiger partial charge in [-0.3, -0.25) is 9.59 Å². The summed E-state index contributed by atoms with van der Waals surface area (Å²) in [6, 6.07) is 14.8. The molecule has 3 aliphatic rings. The number of aliphatic hydroxyl groups is 1. The van der Waals surface area contributed by atoms with E-state index in [0.29, 0.717) is 36.4 Å². The van der Waals surface area contributed by atoms with Gasteiger partial charge in [0.25, 0.3) is 12.0 Å². The third-order valence-electron chi connectivity index (χ3n) is 9.09. The number of nitrogens with zero attached hydrogens (tertiary/aromatic N) is 3. The van der Waals surface area contributed by atoms with Crippen LogP contribution in [0.2, 0.25) is 0 Å². The predicted octanol–water partition coefficient (Wildman–Crippen LogP) is 4.86. The van der Waals surface area contributed by atoms with Crippen molar-refractivity contribution in [1.82, 2.24) is 9.55 Å². The summed E-state index contributed by atoms with van der Waals surface area (Å²) in [5, 5.41) is 11.7. The lowest BCUT2D eigenvalue weighted by molar-refractivity contribution is -0.129. The van der Waals surface area contributed by atoms with Crippen LogP contribution in [0.15, 0.2) is 47.3 Å². The van der Waals surface area contributed by atoms with E-state index in [9.17, 15) is 14.7 Å². The molecule has 3 aliphatic heterocycles. The normalized spacial score (nSPS) is 16.1. The maximum atomic E-state index is 13.7. The number of aromatic nitrogens is 2. The molecule has 1 atom stereocenters. The number of hydrogen-bond acceptors (Lipinski definition) is 7. The molecule has 1 fully saturated rings. The summed E-state index contributed by atoms with van der Waals surface area (Å²) in [5.74, 6) is 0.873. The molecule has 0 amide bonds. The van der Waals surface area contributed by atoms with Crippen molar-refractivity contribution in [2.24, 2.45) is 0 Å². The zero-order chi connectivity index (χ0) is 28.8. The van der Waals surface area contributed by atoms with Gasteiger partial charge in [-0.05, 0) is 79.5 Å². The molecular weight excluding hydrogens is 530 g/mol. The molecule has 1 saturated heterocycles. The Kier molecular flexibility index (Phi) is 6.94. The molecule has 5 heterocycles. The molecule has 7 rings (SSSR count). The Hall–Kier alpha value is -4.17. The second kappa shape index (κ2) is 10.9. The van der Waals surface area contributed by atoms with Crippen molar-refractivity contribution in [2.45, 2.75) is 64.7 Å². The monoisotopic (exact) mass is 565 g/mol. The Morgan fingerprint density at radius 1 is 1.10 bits per heavy atom. The summed E-state index contributed by atoms with van der Waals surface area (Å²) in [5.41, 5.74) is 8.87. The van der Waals surface area contributed by atoms with E-state index < -0.39 is 6.10 Å². The van der Waals surface area contributed by atoms with E-state index in [0.717, 1.165) is 60.3 Å². The molecule has 0 aliphatic carbocycles. The number of fused-ring (bicyclic) bond motifs is 5. The summed E-state index contributed by atoms with van der Waals surface area (Å²) in [4.78, 5) is 32.3. The van der Waals surface area contributed by atoms with Crippen LogP contribution in [0.25, 0.3) is 22.3 Å². The van der Waals surface area contributed by atoms with Gasteiger partial charge in [0.15, 0.2) is 0 Å². The Balaban J connectivity index is 1.35. The van der Waals surface area contributed by atoms with Crippen LogP contribution in [0.5, 0.6) is 5.75 Å². The average Bonchev–Trinajstić information content (AvgIpc) is 3.62. The van der Waals surface area contributed by atoms with Crippen molar-refractivity contribution in [3.05, 3.63) is 86.2 Å². The van der Waals surface area contributed by atoms with Gasteiger partial charge >= 0.3 is 0 Å². The highest BCUT2D eigenvalue weighted by Gasteiger charge is 2.30. The van der Waals surface area contributed by atoms with Gasteiger partial charge in [0.1, 0.15) is 12.4 Å². The van der Waals surface area contributed by atoms with Crippen molar-refractivity contribution in [3.63, 3.8) is 0 Å². The lowest BCUT2D eigenvalue weighted by atomic mass is 9.93. The molecule has 0 spiro atoms. The van der Waals surface area contributed by atoms with Crippen molar-refractivity contribution >= 4 is 23.1 Å². The van der Waals surface area contributed by atoms with Crippen LogP contribution in [-0.2, 0) is 41.9 Å². The molecule has 0 saturated carbocycles. The first kappa shape index (κ1) is 26.7. The van der Waals surface area contributed by atoms with Crippen molar-refractivity contribution in [3.8, 4) is 17.1 Å². The smallest absolute Gasteiger partial charge is 0.293 e. The number of para-hydroxylation sites is 1. The molecule has 2 aromatic carbocycles. The van der Waals surface area contributed by atoms with Gasteiger partial charge in [0.2, 0.25) is 0 Å². The number of carbonyl (C=O) groups is 1. The van der Waals surface area contributed by atoms with E-state index in [-0.39, 0.29) is 12.2 Å². The van der Waals surface area contributed by atoms with Gasteiger partial charge in [-0.25, -0.2) is 4.98 Å².